The predicted octanol–water partition coefficient (Wildman–Crippen LogP) is 4.26. The van der Waals surface area contributed by atoms with Crippen molar-refractivity contribution >= 4 is 23.4 Å². The maximum absolute atomic E-state index is 13.6. The Bertz CT molecular complexity index is 929. The number of nitrogens with one attached hydrogen (secondary N) is 1. The van der Waals surface area contributed by atoms with Gasteiger partial charge in [0.15, 0.2) is 5.16 Å². The van der Waals surface area contributed by atoms with Gasteiger partial charge in [0.05, 0.1) is 18.7 Å². The summed E-state index contributed by atoms with van der Waals surface area (Å²) >= 11 is 1.32. The first-order chi connectivity index (χ1) is 13.0. The second-order valence-corrected chi connectivity index (χ2v) is 6.67. The maximum Gasteiger partial charge on any atom is 0.227 e. The normalized spacial score (nSPS) is 10.6. The smallest absolute Gasteiger partial charge is 0.227 e. The Kier molecular flexibility index (Phi) is 6.08. The molecular formula is C19H17F2N3O2S. The zero-order chi connectivity index (χ0) is 19.2. The third-order valence-electron chi connectivity index (χ3n) is 3.61. The van der Waals surface area contributed by atoms with Crippen LogP contribution in [-0.4, -0.2) is 22.1 Å². The highest BCUT2D eigenvalue weighted by Gasteiger charge is 2.12. The fourth-order valence-electron chi connectivity index (χ4n) is 2.24. The Morgan fingerprint density at radius 3 is 2.63 bits per heavy atom. The van der Waals surface area contributed by atoms with E-state index in [1.54, 1.807) is 18.5 Å². The van der Waals surface area contributed by atoms with Crippen molar-refractivity contribution in [2.24, 2.45) is 7.05 Å². The lowest BCUT2D eigenvalue weighted by molar-refractivity contribution is -0.116. The lowest BCUT2D eigenvalue weighted by Crippen LogP contribution is -2.16. The Balaban J connectivity index is 1.60. The molecule has 3 rings (SSSR count). The third-order valence-corrected chi connectivity index (χ3v) is 4.76. The lowest BCUT2D eigenvalue weighted by Gasteiger charge is -2.11. The molecule has 0 fully saturated rings. The number of amides is 1. The van der Waals surface area contributed by atoms with Gasteiger partial charge in [-0.3, -0.25) is 4.79 Å². The average Bonchev–Trinajstić information content (AvgIpc) is 3.04. The van der Waals surface area contributed by atoms with Crippen LogP contribution < -0.4 is 10.1 Å². The number of carbonyl (C=O) groups excluding carboxylic acids is 1. The van der Waals surface area contributed by atoms with Gasteiger partial charge in [-0.1, -0.05) is 0 Å². The Morgan fingerprint density at radius 1 is 1.19 bits per heavy atom. The van der Waals surface area contributed by atoms with Crippen LogP contribution in [0.3, 0.4) is 0 Å². The summed E-state index contributed by atoms with van der Waals surface area (Å²) in [5.41, 5.74) is 0.370. The van der Waals surface area contributed by atoms with Crippen LogP contribution in [0.1, 0.15) is 6.42 Å². The molecule has 27 heavy (non-hydrogen) atoms. The molecule has 1 N–H and O–H groups in total. The molecule has 0 aliphatic rings. The summed E-state index contributed by atoms with van der Waals surface area (Å²) in [5, 5.41) is 3.42. The molecule has 5 nitrogen and oxygen atoms in total. The van der Waals surface area contributed by atoms with Gasteiger partial charge in [-0.25, -0.2) is 13.8 Å². The standard InChI is InChI=1S/C19H17F2N3O2S/c1-24-10-9-22-19(24)27-17-7-4-14(21)12-16(17)23-18(25)8-11-26-15-5-2-13(20)3-6-15/h2-7,9-10,12H,8,11H2,1H3,(H,23,25). The third kappa shape index (κ3) is 5.30. The van der Waals surface area contributed by atoms with E-state index in [0.717, 1.165) is 5.16 Å². The van der Waals surface area contributed by atoms with E-state index in [2.05, 4.69) is 10.3 Å². The number of halogens is 2. The van der Waals surface area contributed by atoms with E-state index in [1.165, 1.54) is 48.2 Å². The second kappa shape index (κ2) is 8.68. The number of ether oxygens (including phenoxy) is 1. The van der Waals surface area contributed by atoms with E-state index < -0.39 is 5.82 Å². The molecule has 1 amide bonds. The Morgan fingerprint density at radius 2 is 1.93 bits per heavy atom. The monoisotopic (exact) mass is 389 g/mol. The second-order valence-electron chi connectivity index (χ2n) is 5.66. The van der Waals surface area contributed by atoms with Gasteiger partial charge in [-0.05, 0) is 54.2 Å². The number of aryl methyl sites for hydroxylation is 1. The van der Waals surface area contributed by atoms with E-state index in [4.69, 9.17) is 4.74 Å². The van der Waals surface area contributed by atoms with Crippen LogP contribution in [0, 0.1) is 11.6 Å². The van der Waals surface area contributed by atoms with Crippen molar-refractivity contribution in [1.29, 1.82) is 0 Å². The molecule has 0 radical (unpaired) electrons. The van der Waals surface area contributed by atoms with Crippen LogP contribution in [0.2, 0.25) is 0 Å². The molecular weight excluding hydrogens is 372 g/mol. The number of hydrogen-bond acceptors (Lipinski definition) is 4. The highest BCUT2D eigenvalue weighted by molar-refractivity contribution is 7.99. The first kappa shape index (κ1) is 18.9. The minimum Gasteiger partial charge on any atom is -0.493 e. The van der Waals surface area contributed by atoms with Crippen LogP contribution in [0.4, 0.5) is 14.5 Å². The summed E-state index contributed by atoms with van der Waals surface area (Å²) in [6, 6.07) is 9.73. The first-order valence-electron chi connectivity index (χ1n) is 8.14. The van der Waals surface area contributed by atoms with Gasteiger partial charge in [0, 0.05) is 24.3 Å². The topological polar surface area (TPSA) is 56.2 Å². The summed E-state index contributed by atoms with van der Waals surface area (Å²) in [7, 11) is 1.85. The number of hydrogen-bond donors (Lipinski definition) is 1. The van der Waals surface area contributed by atoms with Gasteiger partial charge in [0.25, 0.3) is 0 Å². The number of anilines is 1. The van der Waals surface area contributed by atoms with Crippen molar-refractivity contribution in [3.8, 4) is 5.75 Å². The molecule has 8 heteroatoms. The Hall–Kier alpha value is -2.87. The van der Waals surface area contributed by atoms with Crippen LogP contribution in [0.25, 0.3) is 0 Å². The highest BCUT2D eigenvalue weighted by Crippen LogP contribution is 2.33. The van der Waals surface area contributed by atoms with Gasteiger partial charge in [-0.2, -0.15) is 0 Å². The summed E-state index contributed by atoms with van der Waals surface area (Å²) < 4.78 is 33.7. The molecule has 1 heterocycles. The molecule has 0 spiro atoms. The number of nitrogens with zero attached hydrogens (tertiary/aromatic N) is 2. The Labute approximate surface area is 159 Å². The molecule has 0 bridgehead atoms. The van der Waals surface area contributed by atoms with Crippen molar-refractivity contribution in [2.45, 2.75) is 16.5 Å². The molecule has 1 aromatic heterocycles. The van der Waals surface area contributed by atoms with Gasteiger partial charge in [-0.15, -0.1) is 0 Å². The average molecular weight is 389 g/mol. The zero-order valence-electron chi connectivity index (χ0n) is 14.5. The molecule has 2 aromatic carbocycles. The summed E-state index contributed by atoms with van der Waals surface area (Å²) in [5.74, 6) is -0.647. The lowest BCUT2D eigenvalue weighted by atomic mass is 10.3. The van der Waals surface area contributed by atoms with Crippen LogP contribution >= 0.6 is 11.8 Å². The molecule has 0 aliphatic heterocycles. The number of aromatic nitrogens is 2. The molecule has 0 unspecified atom stereocenters. The van der Waals surface area contributed by atoms with E-state index >= 15 is 0 Å². The van der Waals surface area contributed by atoms with Gasteiger partial charge < -0.3 is 14.6 Å². The largest absolute Gasteiger partial charge is 0.493 e. The van der Waals surface area contributed by atoms with Gasteiger partial charge >= 0.3 is 0 Å². The van der Waals surface area contributed by atoms with E-state index in [0.29, 0.717) is 16.3 Å². The van der Waals surface area contributed by atoms with Crippen molar-refractivity contribution < 1.29 is 18.3 Å². The molecule has 0 saturated heterocycles. The van der Waals surface area contributed by atoms with Gasteiger partial charge in [0.2, 0.25) is 5.91 Å². The molecule has 0 atom stereocenters. The van der Waals surface area contributed by atoms with Crippen molar-refractivity contribution in [2.75, 3.05) is 11.9 Å². The fourth-order valence-corrected chi connectivity index (χ4v) is 3.11. The van der Waals surface area contributed by atoms with Crippen LogP contribution in [0.5, 0.6) is 5.75 Å². The number of carbonyl (C=O) groups is 1. The van der Waals surface area contributed by atoms with Crippen molar-refractivity contribution in [3.05, 3.63) is 66.5 Å². The van der Waals surface area contributed by atoms with Crippen LogP contribution in [-0.2, 0) is 11.8 Å². The number of imidazole rings is 1. The minimum atomic E-state index is -0.447. The SMILES string of the molecule is Cn1ccnc1Sc1ccc(F)cc1NC(=O)CCOc1ccc(F)cc1. The highest BCUT2D eigenvalue weighted by atomic mass is 32.2. The van der Waals surface area contributed by atoms with Crippen molar-refractivity contribution in [3.63, 3.8) is 0 Å². The quantitative estimate of drug-likeness (QED) is 0.656. The van der Waals surface area contributed by atoms with Crippen LogP contribution in [0.15, 0.2) is 64.9 Å². The first-order valence-corrected chi connectivity index (χ1v) is 8.96. The summed E-state index contributed by atoms with van der Waals surface area (Å²) in [6.07, 6.45) is 3.54. The summed E-state index contributed by atoms with van der Waals surface area (Å²) in [4.78, 5) is 17.1. The molecule has 3 aromatic rings. The zero-order valence-corrected chi connectivity index (χ0v) is 15.3. The van der Waals surface area contributed by atoms with E-state index in [1.807, 2.05) is 11.6 Å². The minimum absolute atomic E-state index is 0.0698. The van der Waals surface area contributed by atoms with E-state index in [-0.39, 0.29) is 24.8 Å². The van der Waals surface area contributed by atoms with Crippen molar-refractivity contribution in [1.82, 2.24) is 9.55 Å². The van der Waals surface area contributed by atoms with Gasteiger partial charge in [0.1, 0.15) is 17.4 Å². The molecule has 0 saturated carbocycles. The number of rotatable bonds is 7. The summed E-state index contributed by atoms with van der Waals surface area (Å²) in [6.45, 7) is 0.120. The molecule has 0 aliphatic carbocycles. The van der Waals surface area contributed by atoms with E-state index in [9.17, 15) is 13.6 Å². The molecule has 140 valence electrons. The maximum atomic E-state index is 13.6. The number of benzene rings is 2. The predicted molar refractivity (Wildman–Crippen MR) is 98.9 cm³/mol. The fraction of sp³-hybridized carbons (Fsp3) is 0.158.